The normalized spacial score (nSPS) is 19.7. The van der Waals surface area contributed by atoms with E-state index in [0.717, 1.165) is 14.5 Å². The largest absolute Gasteiger partial charge is 0.507 e. The zero-order valence-corrected chi connectivity index (χ0v) is 14.9. The first kappa shape index (κ1) is 16.0. The van der Waals surface area contributed by atoms with Crippen LogP contribution in [0.1, 0.15) is 17.2 Å². The van der Waals surface area contributed by atoms with Gasteiger partial charge in [-0.3, -0.25) is 9.59 Å². The van der Waals surface area contributed by atoms with Gasteiger partial charge in [-0.2, -0.15) is 0 Å². The third-order valence-corrected chi connectivity index (χ3v) is 4.65. The molecule has 1 saturated heterocycles. The van der Waals surface area contributed by atoms with Gasteiger partial charge in [0.05, 0.1) is 11.6 Å². The van der Waals surface area contributed by atoms with Crippen LogP contribution < -0.4 is 5.32 Å². The van der Waals surface area contributed by atoms with E-state index >= 15 is 0 Å². The van der Waals surface area contributed by atoms with Gasteiger partial charge in [-0.1, -0.05) is 56.1 Å². The molecule has 4 nitrogen and oxygen atoms in total. The Hall–Kier alpha value is -1.92. The SMILES string of the molecule is O=C1N[C@@H](c2ccc(Br)cc2)C(=C(O)c2ccc(Br)cc2)C1=O. The van der Waals surface area contributed by atoms with Crippen LogP contribution in [0.2, 0.25) is 0 Å². The van der Waals surface area contributed by atoms with Gasteiger partial charge in [0.25, 0.3) is 11.7 Å². The Morgan fingerprint density at radius 2 is 1.43 bits per heavy atom. The van der Waals surface area contributed by atoms with E-state index in [1.807, 2.05) is 12.1 Å². The zero-order valence-electron chi connectivity index (χ0n) is 11.7. The number of Topliss-reactive ketones (excluding diaryl/α,β-unsaturated/α-hetero) is 1. The number of aliphatic hydroxyl groups excluding tert-OH is 1. The monoisotopic (exact) mass is 435 g/mol. The van der Waals surface area contributed by atoms with Crippen LogP contribution in [-0.4, -0.2) is 16.8 Å². The fraction of sp³-hybridized carbons (Fsp3) is 0.0588. The molecule has 23 heavy (non-hydrogen) atoms. The van der Waals surface area contributed by atoms with E-state index in [9.17, 15) is 14.7 Å². The highest BCUT2D eigenvalue weighted by molar-refractivity contribution is 9.10. The molecule has 0 bridgehead atoms. The highest BCUT2D eigenvalue weighted by Gasteiger charge is 2.39. The fourth-order valence-corrected chi connectivity index (χ4v) is 2.96. The Bertz CT molecular complexity index is 811. The Morgan fingerprint density at radius 3 is 2.00 bits per heavy atom. The van der Waals surface area contributed by atoms with Crippen molar-refractivity contribution >= 4 is 49.3 Å². The number of amides is 1. The van der Waals surface area contributed by atoms with Gasteiger partial charge in [0.15, 0.2) is 0 Å². The van der Waals surface area contributed by atoms with Crippen molar-refractivity contribution < 1.29 is 14.7 Å². The van der Waals surface area contributed by atoms with Crippen LogP contribution in [0.3, 0.4) is 0 Å². The first-order chi connectivity index (χ1) is 11.0. The third kappa shape index (κ3) is 3.09. The predicted octanol–water partition coefficient (Wildman–Crippen LogP) is 3.92. The lowest BCUT2D eigenvalue weighted by Gasteiger charge is -2.13. The van der Waals surface area contributed by atoms with E-state index in [0.29, 0.717) is 5.56 Å². The Morgan fingerprint density at radius 1 is 0.913 bits per heavy atom. The van der Waals surface area contributed by atoms with Crippen molar-refractivity contribution in [3.8, 4) is 0 Å². The standard InChI is InChI=1S/C17H11Br2NO3/c18-11-5-1-9(2-6-11)14-13(16(22)17(23)20-14)15(21)10-3-7-12(19)8-4-10/h1-8,14,21H,(H,20,23)/t14-/m0/s1. The van der Waals surface area contributed by atoms with Crippen LogP contribution in [0.15, 0.2) is 63.0 Å². The second kappa shape index (κ2) is 6.29. The van der Waals surface area contributed by atoms with Crippen LogP contribution in [0.25, 0.3) is 5.76 Å². The van der Waals surface area contributed by atoms with Gasteiger partial charge in [-0.25, -0.2) is 0 Å². The minimum atomic E-state index is -0.711. The number of rotatable bonds is 2. The molecule has 0 aromatic heterocycles. The molecule has 6 heteroatoms. The van der Waals surface area contributed by atoms with E-state index in [-0.39, 0.29) is 11.3 Å². The topological polar surface area (TPSA) is 66.4 Å². The zero-order chi connectivity index (χ0) is 16.6. The van der Waals surface area contributed by atoms with Crippen LogP contribution in [0.5, 0.6) is 0 Å². The van der Waals surface area contributed by atoms with Gasteiger partial charge in [-0.05, 0) is 29.8 Å². The lowest BCUT2D eigenvalue weighted by molar-refractivity contribution is -0.133. The summed E-state index contributed by atoms with van der Waals surface area (Å²) >= 11 is 6.66. The lowest BCUT2D eigenvalue weighted by atomic mass is 9.96. The van der Waals surface area contributed by atoms with Gasteiger partial charge in [0, 0.05) is 14.5 Å². The van der Waals surface area contributed by atoms with E-state index in [4.69, 9.17) is 0 Å². The molecule has 1 aliphatic heterocycles. The highest BCUT2D eigenvalue weighted by Crippen LogP contribution is 2.33. The van der Waals surface area contributed by atoms with E-state index in [2.05, 4.69) is 37.2 Å². The molecule has 0 unspecified atom stereocenters. The number of hydrogen-bond acceptors (Lipinski definition) is 3. The molecular weight excluding hydrogens is 426 g/mol. The van der Waals surface area contributed by atoms with Gasteiger partial charge >= 0.3 is 0 Å². The predicted molar refractivity (Wildman–Crippen MR) is 93.7 cm³/mol. The molecule has 0 aliphatic carbocycles. The maximum Gasteiger partial charge on any atom is 0.293 e. The molecule has 0 radical (unpaired) electrons. The van der Waals surface area contributed by atoms with E-state index in [1.54, 1.807) is 36.4 Å². The number of carbonyl (C=O) groups excluding carboxylic acids is 2. The maximum absolute atomic E-state index is 12.2. The number of aliphatic hydroxyl groups is 1. The minimum absolute atomic E-state index is 0.0691. The van der Waals surface area contributed by atoms with Crippen molar-refractivity contribution in [3.63, 3.8) is 0 Å². The van der Waals surface area contributed by atoms with Gasteiger partial charge in [0.2, 0.25) is 0 Å². The Balaban J connectivity index is 2.10. The number of ketones is 1. The quantitative estimate of drug-likeness (QED) is 0.426. The van der Waals surface area contributed by atoms with Crippen molar-refractivity contribution in [2.45, 2.75) is 6.04 Å². The summed E-state index contributed by atoms with van der Waals surface area (Å²) in [5.74, 6) is -1.61. The summed E-state index contributed by atoms with van der Waals surface area (Å²) in [6, 6.07) is 13.4. The van der Waals surface area contributed by atoms with Gasteiger partial charge in [0.1, 0.15) is 5.76 Å². The summed E-state index contributed by atoms with van der Waals surface area (Å²) in [4.78, 5) is 24.0. The molecule has 3 rings (SSSR count). The maximum atomic E-state index is 12.2. The van der Waals surface area contributed by atoms with Crippen LogP contribution in [0, 0.1) is 0 Å². The molecule has 1 amide bonds. The minimum Gasteiger partial charge on any atom is -0.507 e. The van der Waals surface area contributed by atoms with Gasteiger partial charge < -0.3 is 10.4 Å². The highest BCUT2D eigenvalue weighted by atomic mass is 79.9. The molecular formula is C17H11Br2NO3. The third-order valence-electron chi connectivity index (χ3n) is 3.59. The summed E-state index contributed by atoms with van der Waals surface area (Å²) in [6.07, 6.45) is 0. The Kier molecular flexibility index (Phi) is 4.37. The average Bonchev–Trinajstić information content (AvgIpc) is 2.84. The lowest BCUT2D eigenvalue weighted by Crippen LogP contribution is -2.21. The van der Waals surface area contributed by atoms with Crippen molar-refractivity contribution in [1.82, 2.24) is 5.32 Å². The van der Waals surface area contributed by atoms with Crippen LogP contribution in [0.4, 0.5) is 0 Å². The van der Waals surface area contributed by atoms with Crippen molar-refractivity contribution in [1.29, 1.82) is 0 Å². The van der Waals surface area contributed by atoms with Crippen LogP contribution in [-0.2, 0) is 9.59 Å². The molecule has 1 atom stereocenters. The number of nitrogens with one attached hydrogen (secondary N) is 1. The summed E-state index contributed by atoms with van der Waals surface area (Å²) in [5.41, 5.74) is 1.28. The Labute approximate surface area is 149 Å². The van der Waals surface area contributed by atoms with Crippen molar-refractivity contribution in [2.24, 2.45) is 0 Å². The van der Waals surface area contributed by atoms with E-state index < -0.39 is 17.7 Å². The molecule has 2 N–H and O–H groups in total. The van der Waals surface area contributed by atoms with Gasteiger partial charge in [-0.15, -0.1) is 0 Å². The molecule has 0 saturated carbocycles. The molecule has 116 valence electrons. The summed E-state index contributed by atoms with van der Waals surface area (Å²) < 4.78 is 1.75. The first-order valence-electron chi connectivity index (χ1n) is 6.77. The number of hydrogen-bond donors (Lipinski definition) is 2. The molecule has 2 aromatic carbocycles. The average molecular weight is 437 g/mol. The number of halogens is 2. The summed E-state index contributed by atoms with van der Waals surface area (Å²) in [6.45, 7) is 0. The molecule has 1 aliphatic rings. The van der Waals surface area contributed by atoms with E-state index in [1.165, 1.54) is 0 Å². The molecule has 2 aromatic rings. The smallest absolute Gasteiger partial charge is 0.293 e. The van der Waals surface area contributed by atoms with Crippen molar-refractivity contribution in [2.75, 3.05) is 0 Å². The van der Waals surface area contributed by atoms with Crippen molar-refractivity contribution in [3.05, 3.63) is 74.2 Å². The summed E-state index contributed by atoms with van der Waals surface area (Å²) in [5, 5.41) is 13.1. The molecule has 1 fully saturated rings. The molecule has 0 spiro atoms. The first-order valence-corrected chi connectivity index (χ1v) is 8.35. The second-order valence-electron chi connectivity index (χ2n) is 5.06. The second-order valence-corrected chi connectivity index (χ2v) is 6.89. The number of carbonyl (C=O) groups is 2. The molecule has 1 heterocycles. The fourth-order valence-electron chi connectivity index (χ4n) is 2.43. The van der Waals surface area contributed by atoms with Crippen LogP contribution >= 0.6 is 31.9 Å². The summed E-state index contributed by atoms with van der Waals surface area (Å²) in [7, 11) is 0. The number of benzene rings is 2.